The topological polar surface area (TPSA) is 41.1 Å². The Morgan fingerprint density at radius 2 is 1.90 bits per heavy atom. The normalized spacial score (nSPS) is 10.2. The van der Waals surface area contributed by atoms with Gasteiger partial charge < -0.3 is 10.6 Å². The first kappa shape index (κ1) is 15.3. The highest BCUT2D eigenvalue weighted by Gasteiger charge is 2.06. The van der Waals surface area contributed by atoms with Crippen molar-refractivity contribution in [3.63, 3.8) is 0 Å². The van der Waals surface area contributed by atoms with E-state index in [1.165, 1.54) is 6.07 Å². The third-order valence-electron chi connectivity index (χ3n) is 3.00. The van der Waals surface area contributed by atoms with E-state index in [0.29, 0.717) is 24.2 Å². The fraction of sp³-hybridized carbons (Fsp3) is 0.188. The van der Waals surface area contributed by atoms with Crippen LogP contribution in [0.25, 0.3) is 0 Å². The van der Waals surface area contributed by atoms with Gasteiger partial charge in [-0.15, -0.1) is 0 Å². The number of hydrogen-bond donors (Lipinski definition) is 2. The minimum absolute atomic E-state index is 0.107. The minimum Gasteiger partial charge on any atom is -0.381 e. The highest BCUT2D eigenvalue weighted by molar-refractivity contribution is 6.30. The molecule has 0 saturated heterocycles. The Balaban J connectivity index is 2.01. The van der Waals surface area contributed by atoms with Crippen molar-refractivity contribution in [2.24, 2.45) is 0 Å². The molecule has 21 heavy (non-hydrogen) atoms. The Kier molecular flexibility index (Phi) is 5.17. The zero-order valence-electron chi connectivity index (χ0n) is 11.6. The second kappa shape index (κ2) is 7.09. The van der Waals surface area contributed by atoms with E-state index in [4.69, 9.17) is 11.6 Å². The van der Waals surface area contributed by atoms with Crippen LogP contribution in [0.3, 0.4) is 0 Å². The summed E-state index contributed by atoms with van der Waals surface area (Å²) in [4.78, 5) is 11.6. The zero-order valence-corrected chi connectivity index (χ0v) is 12.4. The molecule has 0 spiro atoms. The molecular weight excluding hydrogens is 291 g/mol. The first-order valence-corrected chi connectivity index (χ1v) is 7.04. The lowest BCUT2D eigenvalue weighted by Gasteiger charge is -2.09. The van der Waals surface area contributed by atoms with Crippen molar-refractivity contribution in [2.45, 2.75) is 13.5 Å². The molecule has 2 aromatic carbocycles. The van der Waals surface area contributed by atoms with Crippen molar-refractivity contribution in [2.75, 3.05) is 11.9 Å². The van der Waals surface area contributed by atoms with Gasteiger partial charge in [0.25, 0.3) is 5.91 Å². The number of halogens is 2. The maximum atomic E-state index is 13.7. The fourth-order valence-corrected chi connectivity index (χ4v) is 2.08. The molecule has 0 aliphatic rings. The largest absolute Gasteiger partial charge is 0.381 e. The standard InChI is InChI=1S/C16H16ClFN2O/c1-2-19-16(21)11-6-8-13(9-7-11)20-10-12-4-3-5-14(17)15(12)18/h3-9,20H,2,10H2,1H3,(H,19,21). The van der Waals surface area contributed by atoms with Gasteiger partial charge in [0.15, 0.2) is 0 Å². The van der Waals surface area contributed by atoms with Crippen molar-refractivity contribution in [1.82, 2.24) is 5.32 Å². The number of carbonyl (C=O) groups excluding carboxylic acids is 1. The zero-order chi connectivity index (χ0) is 15.2. The lowest BCUT2D eigenvalue weighted by molar-refractivity contribution is 0.0956. The summed E-state index contributed by atoms with van der Waals surface area (Å²) in [5.41, 5.74) is 1.90. The average Bonchev–Trinajstić information content (AvgIpc) is 2.49. The van der Waals surface area contributed by atoms with Gasteiger partial charge in [0.1, 0.15) is 5.82 Å². The lowest BCUT2D eigenvalue weighted by Crippen LogP contribution is -2.22. The fourth-order valence-electron chi connectivity index (χ4n) is 1.88. The molecule has 5 heteroatoms. The van der Waals surface area contributed by atoms with Crippen LogP contribution in [0.5, 0.6) is 0 Å². The monoisotopic (exact) mass is 306 g/mol. The summed E-state index contributed by atoms with van der Waals surface area (Å²) in [5, 5.41) is 5.94. The molecule has 1 amide bonds. The Labute approximate surface area is 128 Å². The van der Waals surface area contributed by atoms with E-state index >= 15 is 0 Å². The number of hydrogen-bond acceptors (Lipinski definition) is 2. The van der Waals surface area contributed by atoms with E-state index in [9.17, 15) is 9.18 Å². The molecular formula is C16H16ClFN2O. The number of benzene rings is 2. The van der Waals surface area contributed by atoms with Gasteiger partial charge in [-0.1, -0.05) is 23.7 Å². The molecule has 110 valence electrons. The molecule has 0 aromatic heterocycles. The van der Waals surface area contributed by atoms with Crippen LogP contribution in [0.2, 0.25) is 5.02 Å². The molecule has 0 aliphatic carbocycles. The molecule has 2 N–H and O–H groups in total. The van der Waals surface area contributed by atoms with Crippen molar-refractivity contribution < 1.29 is 9.18 Å². The number of rotatable bonds is 5. The van der Waals surface area contributed by atoms with Gasteiger partial charge in [-0.3, -0.25) is 4.79 Å². The predicted octanol–water partition coefficient (Wildman–Crippen LogP) is 3.84. The van der Waals surface area contributed by atoms with Gasteiger partial charge in [0.05, 0.1) is 5.02 Å². The first-order chi connectivity index (χ1) is 10.1. The third-order valence-corrected chi connectivity index (χ3v) is 3.29. The van der Waals surface area contributed by atoms with Gasteiger partial charge >= 0.3 is 0 Å². The molecule has 0 saturated carbocycles. The molecule has 0 atom stereocenters. The summed E-state index contributed by atoms with van der Waals surface area (Å²) < 4.78 is 13.7. The third kappa shape index (κ3) is 3.95. The van der Waals surface area contributed by atoms with E-state index in [1.807, 2.05) is 6.92 Å². The van der Waals surface area contributed by atoms with E-state index < -0.39 is 5.82 Å². The van der Waals surface area contributed by atoms with Crippen LogP contribution in [-0.2, 0) is 6.54 Å². The van der Waals surface area contributed by atoms with Crippen molar-refractivity contribution >= 4 is 23.2 Å². The van der Waals surface area contributed by atoms with Gasteiger partial charge in [-0.05, 0) is 37.3 Å². The highest BCUT2D eigenvalue weighted by Crippen LogP contribution is 2.19. The Bertz CT molecular complexity index is 629. The van der Waals surface area contributed by atoms with Gasteiger partial charge in [-0.25, -0.2) is 4.39 Å². The molecule has 0 fully saturated rings. The maximum absolute atomic E-state index is 13.7. The lowest BCUT2D eigenvalue weighted by atomic mass is 10.1. The van der Waals surface area contributed by atoms with E-state index in [0.717, 1.165) is 5.69 Å². The summed E-state index contributed by atoms with van der Waals surface area (Å²) in [6.07, 6.45) is 0. The van der Waals surface area contributed by atoms with E-state index in [-0.39, 0.29) is 10.9 Å². The van der Waals surface area contributed by atoms with Gasteiger partial charge in [0, 0.05) is 29.9 Å². The Morgan fingerprint density at radius 1 is 1.19 bits per heavy atom. The molecule has 0 heterocycles. The van der Waals surface area contributed by atoms with Crippen LogP contribution in [-0.4, -0.2) is 12.5 Å². The summed E-state index contributed by atoms with van der Waals surface area (Å²) in [7, 11) is 0. The second-order valence-electron chi connectivity index (χ2n) is 4.50. The number of amides is 1. The van der Waals surface area contributed by atoms with Gasteiger partial charge in [0.2, 0.25) is 0 Å². The molecule has 2 rings (SSSR count). The first-order valence-electron chi connectivity index (χ1n) is 6.67. The van der Waals surface area contributed by atoms with Crippen molar-refractivity contribution in [3.05, 3.63) is 64.4 Å². The number of anilines is 1. The Hall–Kier alpha value is -2.07. The highest BCUT2D eigenvalue weighted by atomic mass is 35.5. The predicted molar refractivity (Wildman–Crippen MR) is 83.2 cm³/mol. The summed E-state index contributed by atoms with van der Waals surface area (Å²) in [6, 6.07) is 11.9. The summed E-state index contributed by atoms with van der Waals surface area (Å²) >= 11 is 5.73. The molecule has 0 aliphatic heterocycles. The van der Waals surface area contributed by atoms with Crippen LogP contribution in [0.15, 0.2) is 42.5 Å². The maximum Gasteiger partial charge on any atom is 0.251 e. The van der Waals surface area contributed by atoms with Crippen molar-refractivity contribution in [3.8, 4) is 0 Å². The van der Waals surface area contributed by atoms with Crippen LogP contribution >= 0.6 is 11.6 Å². The van der Waals surface area contributed by atoms with Crippen LogP contribution in [0.4, 0.5) is 10.1 Å². The average molecular weight is 307 g/mol. The molecule has 3 nitrogen and oxygen atoms in total. The van der Waals surface area contributed by atoms with Crippen LogP contribution in [0.1, 0.15) is 22.8 Å². The molecule has 0 unspecified atom stereocenters. The van der Waals surface area contributed by atoms with Crippen molar-refractivity contribution in [1.29, 1.82) is 0 Å². The smallest absolute Gasteiger partial charge is 0.251 e. The second-order valence-corrected chi connectivity index (χ2v) is 4.91. The minimum atomic E-state index is -0.411. The van der Waals surface area contributed by atoms with E-state index in [2.05, 4.69) is 10.6 Å². The molecule has 0 bridgehead atoms. The SMILES string of the molecule is CCNC(=O)c1ccc(NCc2cccc(Cl)c2F)cc1. The Morgan fingerprint density at radius 3 is 2.57 bits per heavy atom. The summed E-state index contributed by atoms with van der Waals surface area (Å²) in [6.45, 7) is 2.78. The molecule has 0 radical (unpaired) electrons. The quantitative estimate of drug-likeness (QED) is 0.881. The van der Waals surface area contributed by atoms with Gasteiger partial charge in [-0.2, -0.15) is 0 Å². The van der Waals surface area contributed by atoms with E-state index in [1.54, 1.807) is 36.4 Å². The number of nitrogens with one attached hydrogen (secondary N) is 2. The number of carbonyl (C=O) groups is 1. The summed E-state index contributed by atoms with van der Waals surface area (Å²) in [5.74, 6) is -0.518. The van der Waals surface area contributed by atoms with Crippen LogP contribution in [0, 0.1) is 5.82 Å². The van der Waals surface area contributed by atoms with Crippen LogP contribution < -0.4 is 10.6 Å². The molecule has 2 aromatic rings.